The Hall–Kier alpha value is -1.95. The Labute approximate surface area is 99.4 Å². The summed E-state index contributed by atoms with van der Waals surface area (Å²) in [6.07, 6.45) is 0.940. The summed E-state index contributed by atoms with van der Waals surface area (Å²) in [6, 6.07) is 5.91. The van der Waals surface area contributed by atoms with Crippen LogP contribution in [0.1, 0.15) is 18.3 Å². The predicted octanol–water partition coefficient (Wildman–Crippen LogP) is 0.692. The van der Waals surface area contributed by atoms with Crippen molar-refractivity contribution in [2.45, 2.75) is 19.9 Å². The molecule has 0 aliphatic rings. The third kappa shape index (κ3) is 2.26. The molecular weight excluding hydrogens is 218 g/mol. The highest BCUT2D eigenvalue weighted by molar-refractivity contribution is 5.47. The van der Waals surface area contributed by atoms with E-state index in [1.54, 1.807) is 7.11 Å². The second-order valence-corrected chi connectivity index (χ2v) is 3.56. The van der Waals surface area contributed by atoms with Gasteiger partial charge in [-0.15, -0.1) is 15.0 Å². The SMILES string of the molecule is CCc1ccc(OC)c(-n2nnc(CN)n2)c1. The van der Waals surface area contributed by atoms with Crippen LogP contribution in [-0.2, 0) is 13.0 Å². The van der Waals surface area contributed by atoms with Gasteiger partial charge in [0.1, 0.15) is 11.4 Å². The van der Waals surface area contributed by atoms with E-state index in [4.69, 9.17) is 10.5 Å². The summed E-state index contributed by atoms with van der Waals surface area (Å²) in [6.45, 7) is 2.36. The Morgan fingerprint density at radius 3 is 2.82 bits per heavy atom. The van der Waals surface area contributed by atoms with Crippen LogP contribution in [0.3, 0.4) is 0 Å². The van der Waals surface area contributed by atoms with Gasteiger partial charge in [0, 0.05) is 0 Å². The summed E-state index contributed by atoms with van der Waals surface area (Å²) in [5.74, 6) is 1.22. The molecule has 0 spiro atoms. The van der Waals surface area contributed by atoms with Gasteiger partial charge in [-0.1, -0.05) is 13.0 Å². The fraction of sp³-hybridized carbons (Fsp3) is 0.364. The molecule has 0 saturated heterocycles. The lowest BCUT2D eigenvalue weighted by Gasteiger charge is -2.08. The first kappa shape index (κ1) is 11.5. The van der Waals surface area contributed by atoms with Crippen LogP contribution in [0.15, 0.2) is 18.2 Å². The molecule has 17 heavy (non-hydrogen) atoms. The van der Waals surface area contributed by atoms with E-state index in [2.05, 4.69) is 22.3 Å². The van der Waals surface area contributed by atoms with E-state index >= 15 is 0 Å². The zero-order chi connectivity index (χ0) is 12.3. The average Bonchev–Trinajstić information content (AvgIpc) is 2.86. The quantitative estimate of drug-likeness (QED) is 0.840. The van der Waals surface area contributed by atoms with Crippen LogP contribution in [0.4, 0.5) is 0 Å². The van der Waals surface area contributed by atoms with Crippen LogP contribution < -0.4 is 10.5 Å². The minimum Gasteiger partial charge on any atom is -0.494 e. The molecule has 1 aromatic heterocycles. The summed E-state index contributed by atoms with van der Waals surface area (Å²) in [5, 5.41) is 12.0. The number of hydrogen-bond donors (Lipinski definition) is 1. The van der Waals surface area contributed by atoms with Gasteiger partial charge in [0.05, 0.1) is 13.7 Å². The summed E-state index contributed by atoms with van der Waals surface area (Å²) in [7, 11) is 1.62. The summed E-state index contributed by atoms with van der Waals surface area (Å²) < 4.78 is 5.28. The third-order valence-corrected chi connectivity index (χ3v) is 2.50. The highest BCUT2D eigenvalue weighted by Gasteiger charge is 2.09. The Bertz CT molecular complexity index is 508. The maximum Gasteiger partial charge on any atom is 0.188 e. The van der Waals surface area contributed by atoms with Crippen LogP contribution in [0.5, 0.6) is 5.75 Å². The Morgan fingerprint density at radius 1 is 1.41 bits per heavy atom. The topological polar surface area (TPSA) is 78.8 Å². The van der Waals surface area contributed by atoms with Gasteiger partial charge in [0.15, 0.2) is 5.82 Å². The standard InChI is InChI=1S/C11H15N5O/c1-3-8-4-5-10(17-2)9(6-8)16-14-11(7-12)13-15-16/h4-6H,3,7,12H2,1-2H3. The van der Waals surface area contributed by atoms with E-state index in [0.29, 0.717) is 11.6 Å². The molecule has 6 heteroatoms. The van der Waals surface area contributed by atoms with Crippen molar-refractivity contribution < 1.29 is 4.74 Å². The number of tetrazole rings is 1. The van der Waals surface area contributed by atoms with Crippen LogP contribution in [0, 0.1) is 0 Å². The highest BCUT2D eigenvalue weighted by atomic mass is 16.5. The van der Waals surface area contributed by atoms with E-state index in [-0.39, 0.29) is 6.54 Å². The third-order valence-electron chi connectivity index (χ3n) is 2.50. The molecule has 0 bridgehead atoms. The lowest BCUT2D eigenvalue weighted by Crippen LogP contribution is -2.04. The molecule has 0 radical (unpaired) electrons. The fourth-order valence-corrected chi connectivity index (χ4v) is 1.54. The predicted molar refractivity (Wildman–Crippen MR) is 63.0 cm³/mol. The molecule has 0 amide bonds. The number of rotatable bonds is 4. The van der Waals surface area contributed by atoms with Gasteiger partial charge in [-0.25, -0.2) is 0 Å². The normalized spacial score (nSPS) is 10.5. The van der Waals surface area contributed by atoms with Crippen LogP contribution in [0.2, 0.25) is 0 Å². The molecule has 0 aliphatic carbocycles. The van der Waals surface area contributed by atoms with Gasteiger partial charge >= 0.3 is 0 Å². The van der Waals surface area contributed by atoms with Crippen molar-refractivity contribution in [3.63, 3.8) is 0 Å². The number of methoxy groups -OCH3 is 1. The molecule has 1 aromatic carbocycles. The number of ether oxygens (including phenoxy) is 1. The smallest absolute Gasteiger partial charge is 0.188 e. The van der Waals surface area contributed by atoms with Crippen LogP contribution in [-0.4, -0.2) is 27.3 Å². The molecule has 2 N–H and O–H groups in total. The largest absolute Gasteiger partial charge is 0.494 e. The molecule has 0 aliphatic heterocycles. The Morgan fingerprint density at radius 2 is 2.24 bits per heavy atom. The minimum absolute atomic E-state index is 0.274. The molecule has 0 atom stereocenters. The number of hydrogen-bond acceptors (Lipinski definition) is 5. The molecule has 90 valence electrons. The zero-order valence-electron chi connectivity index (χ0n) is 9.92. The fourth-order valence-electron chi connectivity index (χ4n) is 1.54. The Balaban J connectivity index is 2.47. The van der Waals surface area contributed by atoms with Gasteiger partial charge in [-0.3, -0.25) is 0 Å². The van der Waals surface area contributed by atoms with E-state index in [9.17, 15) is 0 Å². The first-order chi connectivity index (χ1) is 8.28. The van der Waals surface area contributed by atoms with Crippen LogP contribution in [0.25, 0.3) is 5.69 Å². The average molecular weight is 233 g/mol. The molecule has 0 fully saturated rings. The summed E-state index contributed by atoms with van der Waals surface area (Å²) in [5.41, 5.74) is 7.42. The maximum absolute atomic E-state index is 5.46. The van der Waals surface area contributed by atoms with Crippen molar-refractivity contribution in [2.75, 3.05) is 7.11 Å². The van der Waals surface area contributed by atoms with Crippen molar-refractivity contribution in [1.82, 2.24) is 20.2 Å². The lowest BCUT2D eigenvalue weighted by atomic mass is 10.1. The van der Waals surface area contributed by atoms with Crippen molar-refractivity contribution in [3.8, 4) is 11.4 Å². The molecule has 1 heterocycles. The zero-order valence-corrected chi connectivity index (χ0v) is 9.92. The Kier molecular flexibility index (Phi) is 3.34. The van der Waals surface area contributed by atoms with Gasteiger partial charge in [-0.2, -0.15) is 0 Å². The van der Waals surface area contributed by atoms with Gasteiger partial charge in [0.25, 0.3) is 0 Å². The molecule has 0 saturated carbocycles. The molecule has 0 unspecified atom stereocenters. The maximum atomic E-state index is 5.46. The van der Waals surface area contributed by atoms with E-state index < -0.39 is 0 Å². The molecular formula is C11H15N5O. The summed E-state index contributed by atoms with van der Waals surface area (Å²) >= 11 is 0. The van der Waals surface area contributed by atoms with E-state index in [1.807, 2.05) is 18.2 Å². The highest BCUT2D eigenvalue weighted by Crippen LogP contribution is 2.22. The number of aromatic nitrogens is 4. The van der Waals surface area contributed by atoms with Gasteiger partial charge in [-0.05, 0) is 29.3 Å². The van der Waals surface area contributed by atoms with Gasteiger partial charge in [0.2, 0.25) is 0 Å². The first-order valence-corrected chi connectivity index (χ1v) is 5.44. The van der Waals surface area contributed by atoms with Gasteiger partial charge < -0.3 is 10.5 Å². The van der Waals surface area contributed by atoms with Crippen molar-refractivity contribution in [2.24, 2.45) is 5.73 Å². The molecule has 2 aromatic rings. The second-order valence-electron chi connectivity index (χ2n) is 3.56. The van der Waals surface area contributed by atoms with Crippen molar-refractivity contribution in [1.29, 1.82) is 0 Å². The number of nitrogens with two attached hydrogens (primary N) is 1. The second kappa shape index (κ2) is 4.92. The monoisotopic (exact) mass is 233 g/mol. The molecule has 2 rings (SSSR count). The van der Waals surface area contributed by atoms with E-state index in [1.165, 1.54) is 10.4 Å². The minimum atomic E-state index is 0.274. The first-order valence-electron chi connectivity index (χ1n) is 5.44. The number of aryl methyl sites for hydroxylation is 1. The van der Waals surface area contributed by atoms with Crippen molar-refractivity contribution >= 4 is 0 Å². The molecule has 6 nitrogen and oxygen atoms in total. The number of benzene rings is 1. The van der Waals surface area contributed by atoms with Crippen molar-refractivity contribution in [3.05, 3.63) is 29.6 Å². The van der Waals surface area contributed by atoms with E-state index in [0.717, 1.165) is 12.1 Å². The lowest BCUT2D eigenvalue weighted by molar-refractivity contribution is 0.409. The summed E-state index contributed by atoms with van der Waals surface area (Å²) in [4.78, 5) is 1.44. The van der Waals surface area contributed by atoms with Crippen LogP contribution >= 0.6 is 0 Å². The number of nitrogens with zero attached hydrogens (tertiary/aromatic N) is 4.